The van der Waals surface area contributed by atoms with Gasteiger partial charge in [0.25, 0.3) is 6.71 Å². The number of para-hydroxylation sites is 2. The number of hydrogen-bond acceptors (Lipinski definition) is 2. The number of aromatic nitrogens is 1. The van der Waals surface area contributed by atoms with E-state index in [4.69, 9.17) is 0 Å². The van der Waals surface area contributed by atoms with Crippen molar-refractivity contribution >= 4 is 176 Å². The minimum Gasteiger partial charge on any atom is -0.311 e. The van der Waals surface area contributed by atoms with Crippen LogP contribution in [-0.2, 0) is 0 Å². The third kappa shape index (κ3) is 6.58. The topological polar surface area (TPSA) is 11.4 Å². The minimum atomic E-state index is -0.162. The Hall–Kier alpha value is -11.5. The Bertz CT molecular complexity index is 5980. The first-order valence-corrected chi connectivity index (χ1v) is 30.7. The van der Waals surface area contributed by atoms with E-state index in [1.165, 1.54) is 147 Å². The summed E-state index contributed by atoms with van der Waals surface area (Å²) in [5.74, 6) is 0. The molecule has 0 N–H and O–H groups in total. The van der Waals surface area contributed by atoms with Crippen LogP contribution in [0.25, 0.3) is 136 Å². The van der Waals surface area contributed by atoms with Gasteiger partial charge < -0.3 is 14.4 Å². The third-order valence-corrected chi connectivity index (χ3v) is 19.8. The molecule has 1 aromatic heterocycles. The smallest absolute Gasteiger partial charge is 0.252 e. The second-order valence-corrected chi connectivity index (χ2v) is 24.2. The van der Waals surface area contributed by atoms with Crippen LogP contribution in [0, 0.1) is 0 Å². The number of nitrogens with zero attached hydrogens (tertiary/aromatic N) is 3. The second-order valence-electron chi connectivity index (χ2n) is 24.2. The van der Waals surface area contributed by atoms with E-state index in [1.807, 2.05) is 0 Å². The largest absolute Gasteiger partial charge is 0.311 e. The Morgan fingerprint density at radius 2 is 0.523 bits per heavy atom. The lowest BCUT2D eigenvalue weighted by molar-refractivity contribution is 1.17. The number of rotatable bonds is 4. The molecule has 2 aliphatic heterocycles. The summed E-state index contributed by atoms with van der Waals surface area (Å²) in [5.41, 5.74) is 16.5. The maximum atomic E-state index is 2.64. The van der Waals surface area contributed by atoms with Crippen molar-refractivity contribution < 1.29 is 0 Å². The van der Waals surface area contributed by atoms with Crippen molar-refractivity contribution in [1.29, 1.82) is 0 Å². The van der Waals surface area contributed by atoms with Gasteiger partial charge in [0.2, 0.25) is 0 Å². The van der Waals surface area contributed by atoms with Gasteiger partial charge in [-0.15, -0.1) is 0 Å². The summed E-state index contributed by atoms with van der Waals surface area (Å²) in [6, 6.07) is 115. The molecule has 17 aromatic carbocycles. The zero-order valence-electron chi connectivity index (χ0n) is 47.8. The van der Waals surface area contributed by atoms with E-state index in [2.05, 4.69) is 318 Å². The van der Waals surface area contributed by atoms with Gasteiger partial charge in [-0.25, -0.2) is 0 Å². The standard InChI is InChI=1S/C84H50BN3/c1-2-20-51(21-3-1)52-44-82-84-83(45-52)88(54-39-42-69-63-29-7-5-23-57(63)59-25-9-13-31-65(59)73(69)47-54)81-50-75-67-33-15-11-27-61(67)60-26-10-14-32-66(60)74(75)49-77(81)85(84)76-43-40-55(86-78-36-18-16-34-70(78)71-35-17-19-37-79(71)86)48-80(76)87(82)53-38-41-68-62-28-6-4-22-56(62)58-24-8-12-30-64(58)72(68)46-53/h1-50H. The highest BCUT2D eigenvalue weighted by Crippen LogP contribution is 2.51. The molecule has 3 heterocycles. The summed E-state index contributed by atoms with van der Waals surface area (Å²) in [6.45, 7) is -0.162. The maximum Gasteiger partial charge on any atom is 0.252 e. The van der Waals surface area contributed by atoms with Gasteiger partial charge in [-0.3, -0.25) is 0 Å². The number of fused-ring (bicyclic) bond motifs is 25. The summed E-state index contributed by atoms with van der Waals surface area (Å²) in [7, 11) is 0. The summed E-state index contributed by atoms with van der Waals surface area (Å²) in [4.78, 5) is 5.27. The van der Waals surface area contributed by atoms with E-state index >= 15 is 0 Å². The van der Waals surface area contributed by atoms with Crippen molar-refractivity contribution in [3.8, 4) is 16.8 Å². The molecule has 18 aromatic rings. The van der Waals surface area contributed by atoms with Crippen molar-refractivity contribution in [2.24, 2.45) is 0 Å². The Labute approximate surface area is 507 Å². The summed E-state index contributed by atoms with van der Waals surface area (Å²) < 4.78 is 2.48. The van der Waals surface area contributed by atoms with Gasteiger partial charge in [0.1, 0.15) is 0 Å². The first-order valence-electron chi connectivity index (χ1n) is 30.7. The molecular formula is C84H50BN3. The van der Waals surface area contributed by atoms with Gasteiger partial charge in [0.05, 0.1) is 11.0 Å². The molecular weight excluding hydrogens is 1060 g/mol. The molecule has 0 unspecified atom stereocenters. The predicted molar refractivity (Wildman–Crippen MR) is 378 cm³/mol. The lowest BCUT2D eigenvalue weighted by atomic mass is 9.33. The molecule has 2 aliphatic rings. The molecule has 0 saturated carbocycles. The molecule has 0 fully saturated rings. The fourth-order valence-electron chi connectivity index (χ4n) is 16.1. The van der Waals surface area contributed by atoms with Crippen molar-refractivity contribution in [1.82, 2.24) is 4.57 Å². The Balaban J connectivity index is 0.951. The summed E-state index contributed by atoms with van der Waals surface area (Å²) >= 11 is 0. The van der Waals surface area contributed by atoms with E-state index in [9.17, 15) is 0 Å². The van der Waals surface area contributed by atoms with Crippen LogP contribution < -0.4 is 26.2 Å². The van der Waals surface area contributed by atoms with Crippen LogP contribution in [0.5, 0.6) is 0 Å². The first kappa shape index (κ1) is 47.9. The summed E-state index contributed by atoms with van der Waals surface area (Å²) in [6.07, 6.45) is 0. The normalized spacial score (nSPS) is 12.9. The van der Waals surface area contributed by atoms with Crippen molar-refractivity contribution in [2.45, 2.75) is 0 Å². The zero-order valence-corrected chi connectivity index (χ0v) is 47.8. The van der Waals surface area contributed by atoms with E-state index in [-0.39, 0.29) is 6.71 Å². The van der Waals surface area contributed by atoms with E-state index in [0.29, 0.717) is 0 Å². The minimum absolute atomic E-state index is 0.162. The molecule has 20 rings (SSSR count). The molecule has 0 radical (unpaired) electrons. The van der Waals surface area contributed by atoms with Crippen molar-refractivity contribution in [2.75, 3.05) is 9.80 Å². The number of anilines is 6. The van der Waals surface area contributed by atoms with Gasteiger partial charge in [-0.05, 0) is 191 Å². The van der Waals surface area contributed by atoms with Crippen LogP contribution in [0.15, 0.2) is 303 Å². The SMILES string of the molecule is c1ccc(-c2cc3c4c(c2)N(c2ccc5c6ccccc6c6ccccc6c5c2)c2cc5c6ccccc6c6ccccc6c5cc2B4c2ccc(-n4c5ccccc5c5ccccc54)cc2N3c2ccc3c4ccccc4c4ccccc4c3c2)cc1. The van der Waals surface area contributed by atoms with Crippen molar-refractivity contribution in [3.63, 3.8) is 0 Å². The summed E-state index contributed by atoms with van der Waals surface area (Å²) in [5, 5.41) is 25.1. The first-order chi connectivity index (χ1) is 43.7. The average Bonchev–Trinajstić information content (AvgIpc) is 0.809. The molecule has 0 aliphatic carbocycles. The molecule has 404 valence electrons. The molecule has 0 atom stereocenters. The van der Waals surface area contributed by atoms with Gasteiger partial charge in [0, 0.05) is 50.6 Å². The van der Waals surface area contributed by atoms with Crippen LogP contribution in [0.2, 0.25) is 0 Å². The second kappa shape index (κ2) is 18.0. The van der Waals surface area contributed by atoms with Crippen molar-refractivity contribution in [3.05, 3.63) is 303 Å². The predicted octanol–water partition coefficient (Wildman–Crippen LogP) is 20.9. The maximum absolute atomic E-state index is 2.64. The molecule has 0 spiro atoms. The van der Waals surface area contributed by atoms with Crippen LogP contribution in [0.1, 0.15) is 0 Å². The number of hydrogen-bond donors (Lipinski definition) is 0. The highest BCUT2D eigenvalue weighted by molar-refractivity contribution is 7.00. The molecule has 0 amide bonds. The lowest BCUT2D eigenvalue weighted by Gasteiger charge is -2.45. The number of benzene rings is 17. The molecule has 3 nitrogen and oxygen atoms in total. The quantitative estimate of drug-likeness (QED) is 0.129. The van der Waals surface area contributed by atoms with E-state index in [0.717, 1.165) is 39.6 Å². The Morgan fingerprint density at radius 1 is 0.193 bits per heavy atom. The van der Waals surface area contributed by atoms with E-state index < -0.39 is 0 Å². The Kier molecular flexibility index (Phi) is 9.81. The average molecular weight is 1110 g/mol. The fourth-order valence-corrected chi connectivity index (χ4v) is 16.1. The molecule has 0 saturated heterocycles. The van der Waals surface area contributed by atoms with E-state index in [1.54, 1.807) is 0 Å². The zero-order chi connectivity index (χ0) is 57.3. The highest BCUT2D eigenvalue weighted by atomic mass is 15.2. The lowest BCUT2D eigenvalue weighted by Crippen LogP contribution is -2.61. The Morgan fingerprint density at radius 3 is 0.955 bits per heavy atom. The van der Waals surface area contributed by atoms with Gasteiger partial charge in [-0.1, -0.05) is 237 Å². The van der Waals surface area contributed by atoms with Gasteiger partial charge in [0.15, 0.2) is 0 Å². The highest BCUT2D eigenvalue weighted by Gasteiger charge is 2.44. The van der Waals surface area contributed by atoms with Crippen LogP contribution >= 0.6 is 0 Å². The third-order valence-electron chi connectivity index (χ3n) is 19.8. The van der Waals surface area contributed by atoms with Gasteiger partial charge in [-0.2, -0.15) is 0 Å². The van der Waals surface area contributed by atoms with Crippen LogP contribution in [0.3, 0.4) is 0 Å². The monoisotopic (exact) mass is 1110 g/mol. The van der Waals surface area contributed by atoms with Gasteiger partial charge >= 0.3 is 0 Å². The molecule has 88 heavy (non-hydrogen) atoms. The van der Waals surface area contributed by atoms with Crippen LogP contribution in [0.4, 0.5) is 34.1 Å². The van der Waals surface area contributed by atoms with Crippen LogP contribution in [-0.4, -0.2) is 11.3 Å². The molecule has 4 heteroatoms. The molecule has 0 bridgehead atoms. The fraction of sp³-hybridized carbons (Fsp3) is 0.